The molecule has 0 aliphatic carbocycles. The zero-order valence-electron chi connectivity index (χ0n) is 9.32. The third-order valence-electron chi connectivity index (χ3n) is 3.60. The lowest BCUT2D eigenvalue weighted by molar-refractivity contribution is 0.0946. The number of para-hydroxylation sites is 1. The van der Waals surface area contributed by atoms with E-state index in [1.807, 2.05) is 18.2 Å². The summed E-state index contributed by atoms with van der Waals surface area (Å²) in [6.07, 6.45) is 0.912. The Morgan fingerprint density at radius 2 is 2.29 bits per heavy atom. The average Bonchev–Trinajstić information content (AvgIpc) is 2.69. The molecule has 0 saturated carbocycles. The van der Waals surface area contributed by atoms with E-state index in [9.17, 15) is 4.79 Å². The van der Waals surface area contributed by atoms with Gasteiger partial charge in [0.25, 0.3) is 5.91 Å². The lowest BCUT2D eigenvalue weighted by atomic mass is 10.1. The molecule has 0 bridgehead atoms. The van der Waals surface area contributed by atoms with Crippen LogP contribution in [0.2, 0.25) is 0 Å². The molecule has 1 amide bonds. The Hall–Kier alpha value is -1.97. The number of benzene rings is 1. The summed E-state index contributed by atoms with van der Waals surface area (Å²) in [5, 5.41) is 3.94. The molecule has 2 aliphatic rings. The zero-order chi connectivity index (χ0) is 11.4. The Kier molecular flexibility index (Phi) is 1.62. The monoisotopic (exact) mass is 228 g/mol. The molecule has 0 fully saturated rings. The molecule has 17 heavy (non-hydrogen) atoms. The van der Waals surface area contributed by atoms with E-state index in [1.165, 1.54) is 5.69 Å². The number of ether oxygens (including phenoxy) is 1. The predicted molar refractivity (Wildman–Crippen MR) is 63.5 cm³/mol. The first-order chi connectivity index (χ1) is 8.36. The van der Waals surface area contributed by atoms with Crippen LogP contribution in [0, 0.1) is 0 Å². The highest BCUT2D eigenvalue weighted by Gasteiger charge is 2.28. The molecule has 2 aromatic rings. The molecule has 2 aliphatic heterocycles. The van der Waals surface area contributed by atoms with Crippen LogP contribution in [-0.4, -0.2) is 23.6 Å². The van der Waals surface area contributed by atoms with Gasteiger partial charge in [0.15, 0.2) is 0 Å². The number of hydrogen-bond donors (Lipinski definition) is 1. The molecule has 4 heteroatoms. The van der Waals surface area contributed by atoms with Gasteiger partial charge in [-0.25, -0.2) is 0 Å². The summed E-state index contributed by atoms with van der Waals surface area (Å²) in [6.45, 7) is 2.27. The molecule has 1 aromatic carbocycles. The van der Waals surface area contributed by atoms with Gasteiger partial charge in [-0.1, -0.05) is 12.1 Å². The van der Waals surface area contributed by atoms with Crippen LogP contribution in [-0.2, 0) is 13.0 Å². The molecule has 3 heterocycles. The number of nitrogens with one attached hydrogen (secondary N) is 1. The van der Waals surface area contributed by atoms with Gasteiger partial charge >= 0.3 is 0 Å². The van der Waals surface area contributed by atoms with E-state index >= 15 is 0 Å². The average molecular weight is 228 g/mol. The Bertz CT molecular complexity index is 642. The van der Waals surface area contributed by atoms with E-state index in [-0.39, 0.29) is 5.91 Å². The smallest absolute Gasteiger partial charge is 0.253 e. The number of carbonyl (C=O) groups excluding carboxylic acids is 1. The van der Waals surface area contributed by atoms with Gasteiger partial charge < -0.3 is 14.6 Å². The van der Waals surface area contributed by atoms with Gasteiger partial charge in [-0.2, -0.15) is 0 Å². The van der Waals surface area contributed by atoms with Gasteiger partial charge in [0.1, 0.15) is 12.4 Å². The van der Waals surface area contributed by atoms with Crippen molar-refractivity contribution < 1.29 is 9.53 Å². The molecule has 1 aromatic heterocycles. The van der Waals surface area contributed by atoms with Crippen LogP contribution in [0.15, 0.2) is 18.2 Å². The van der Waals surface area contributed by atoms with Crippen LogP contribution in [0.4, 0.5) is 0 Å². The third kappa shape index (κ3) is 1.05. The highest BCUT2D eigenvalue weighted by molar-refractivity contribution is 6.10. The highest BCUT2D eigenvalue weighted by Crippen LogP contribution is 2.36. The molecule has 0 atom stereocenters. The lowest BCUT2D eigenvalue weighted by Crippen LogP contribution is -2.32. The van der Waals surface area contributed by atoms with Crippen LogP contribution in [0.1, 0.15) is 16.1 Å². The second-order valence-electron chi connectivity index (χ2n) is 4.48. The summed E-state index contributed by atoms with van der Waals surface area (Å²) in [5.41, 5.74) is 3.10. The first kappa shape index (κ1) is 9.10. The Morgan fingerprint density at radius 3 is 3.24 bits per heavy atom. The molecule has 4 rings (SSSR count). The number of amides is 1. The van der Waals surface area contributed by atoms with Gasteiger partial charge in [0.2, 0.25) is 0 Å². The molecule has 0 radical (unpaired) electrons. The quantitative estimate of drug-likeness (QED) is 0.739. The van der Waals surface area contributed by atoms with Crippen molar-refractivity contribution in [3.05, 3.63) is 29.5 Å². The van der Waals surface area contributed by atoms with Crippen LogP contribution < -0.4 is 10.1 Å². The Morgan fingerprint density at radius 1 is 1.35 bits per heavy atom. The van der Waals surface area contributed by atoms with Gasteiger partial charge in [0, 0.05) is 24.0 Å². The minimum absolute atomic E-state index is 0.0500. The Labute approximate surface area is 98.2 Å². The van der Waals surface area contributed by atoms with E-state index < -0.39 is 0 Å². The summed E-state index contributed by atoms with van der Waals surface area (Å²) in [5.74, 6) is 0.949. The maximum absolute atomic E-state index is 12.0. The maximum Gasteiger partial charge on any atom is 0.253 e. The number of aromatic nitrogens is 1. The van der Waals surface area contributed by atoms with Crippen LogP contribution in [0.5, 0.6) is 5.75 Å². The standard InChI is InChI=1S/C13H12N2O2/c16-13-11-8-2-1-3-10-12(8)15(6-7-17-10)9(11)4-5-14-13/h1-3H,4-7H2,(H,14,16). The molecule has 0 spiro atoms. The molecule has 0 unspecified atom stereocenters. The van der Waals surface area contributed by atoms with Crippen LogP contribution in [0.3, 0.4) is 0 Å². The van der Waals surface area contributed by atoms with Gasteiger partial charge in [-0.3, -0.25) is 4.79 Å². The van der Waals surface area contributed by atoms with Gasteiger partial charge in [0.05, 0.1) is 17.6 Å². The van der Waals surface area contributed by atoms with E-state index in [2.05, 4.69) is 9.88 Å². The maximum atomic E-state index is 12.0. The molecule has 0 saturated heterocycles. The number of nitrogens with zero attached hydrogens (tertiary/aromatic N) is 1. The summed E-state index contributed by atoms with van der Waals surface area (Å²) < 4.78 is 7.91. The summed E-state index contributed by atoms with van der Waals surface area (Å²) in [6, 6.07) is 5.94. The van der Waals surface area contributed by atoms with Crippen molar-refractivity contribution in [2.45, 2.75) is 13.0 Å². The fourth-order valence-electron chi connectivity index (χ4n) is 2.93. The molecule has 1 N–H and O–H groups in total. The largest absolute Gasteiger partial charge is 0.490 e. The van der Waals surface area contributed by atoms with E-state index in [0.29, 0.717) is 6.61 Å². The Balaban J connectivity index is 2.19. The van der Waals surface area contributed by atoms with Crippen molar-refractivity contribution >= 4 is 16.8 Å². The van der Waals surface area contributed by atoms with Crippen molar-refractivity contribution in [1.82, 2.24) is 9.88 Å². The van der Waals surface area contributed by atoms with Gasteiger partial charge in [-0.15, -0.1) is 0 Å². The van der Waals surface area contributed by atoms with Gasteiger partial charge in [-0.05, 0) is 6.07 Å². The molecular weight excluding hydrogens is 216 g/mol. The van der Waals surface area contributed by atoms with Crippen LogP contribution in [0.25, 0.3) is 10.9 Å². The number of carbonyl (C=O) groups is 1. The fraction of sp³-hybridized carbons (Fsp3) is 0.308. The first-order valence-corrected chi connectivity index (χ1v) is 5.91. The highest BCUT2D eigenvalue weighted by atomic mass is 16.5. The summed E-state index contributed by atoms with van der Waals surface area (Å²) >= 11 is 0. The van der Waals surface area contributed by atoms with E-state index in [0.717, 1.165) is 41.7 Å². The summed E-state index contributed by atoms with van der Waals surface area (Å²) in [7, 11) is 0. The number of rotatable bonds is 0. The van der Waals surface area contributed by atoms with Crippen LogP contribution >= 0.6 is 0 Å². The van der Waals surface area contributed by atoms with E-state index in [1.54, 1.807) is 0 Å². The summed E-state index contributed by atoms with van der Waals surface area (Å²) in [4.78, 5) is 12.0. The third-order valence-corrected chi connectivity index (χ3v) is 3.60. The van der Waals surface area contributed by atoms with Crippen molar-refractivity contribution in [3.8, 4) is 5.75 Å². The SMILES string of the molecule is O=C1NCCc2c1c1cccc3c1n2CCO3. The van der Waals surface area contributed by atoms with Crippen molar-refractivity contribution in [3.63, 3.8) is 0 Å². The molecule has 86 valence electrons. The molecule has 4 nitrogen and oxygen atoms in total. The minimum atomic E-state index is 0.0500. The zero-order valence-corrected chi connectivity index (χ0v) is 9.32. The molecular formula is C13H12N2O2. The lowest BCUT2D eigenvalue weighted by Gasteiger charge is -2.20. The van der Waals surface area contributed by atoms with Crippen molar-refractivity contribution in [1.29, 1.82) is 0 Å². The fourth-order valence-corrected chi connectivity index (χ4v) is 2.93. The van der Waals surface area contributed by atoms with Crippen molar-refractivity contribution in [2.24, 2.45) is 0 Å². The number of hydrogen-bond acceptors (Lipinski definition) is 2. The normalized spacial score (nSPS) is 17.5. The minimum Gasteiger partial charge on any atom is -0.490 e. The van der Waals surface area contributed by atoms with E-state index in [4.69, 9.17) is 4.74 Å². The first-order valence-electron chi connectivity index (χ1n) is 5.91. The topological polar surface area (TPSA) is 43.3 Å². The predicted octanol–water partition coefficient (Wildman–Crippen LogP) is 1.32. The second-order valence-corrected chi connectivity index (χ2v) is 4.48. The van der Waals surface area contributed by atoms with Crippen molar-refractivity contribution in [2.75, 3.05) is 13.2 Å². The number of fused-ring (bicyclic) bond motifs is 3. The second kappa shape index (κ2) is 3.03.